The Hall–Kier alpha value is -2.36. The fourth-order valence-electron chi connectivity index (χ4n) is 1.88. The first-order chi connectivity index (χ1) is 9.78. The van der Waals surface area contributed by atoms with Crippen LogP contribution >= 0.6 is 0 Å². The monoisotopic (exact) mass is 274 g/mol. The maximum absolute atomic E-state index is 5.83. The van der Waals surface area contributed by atoms with Crippen LogP contribution in [-0.4, -0.2) is 21.3 Å². The lowest BCUT2D eigenvalue weighted by Gasteiger charge is -2.14. The summed E-state index contributed by atoms with van der Waals surface area (Å²) < 4.78 is 21.6. The molecule has 2 rings (SSSR count). The molecule has 0 aliphatic carbocycles. The standard InChI is InChI=1S/C16H18O4/c1-17-13-7-4-6-12(10-13)11-20-16-14(18-2)8-5-9-15(16)19-3/h4-10H,11H2,1-3H3. The number of methoxy groups -OCH3 is 3. The van der Waals surface area contributed by atoms with E-state index in [1.165, 1.54) is 0 Å². The minimum Gasteiger partial charge on any atom is -0.497 e. The van der Waals surface area contributed by atoms with Crippen LogP contribution in [-0.2, 0) is 6.61 Å². The molecule has 0 saturated heterocycles. The molecule has 20 heavy (non-hydrogen) atoms. The highest BCUT2D eigenvalue weighted by atomic mass is 16.5. The van der Waals surface area contributed by atoms with Crippen LogP contribution in [0.4, 0.5) is 0 Å². The zero-order valence-electron chi connectivity index (χ0n) is 11.9. The second-order valence-corrected chi connectivity index (χ2v) is 4.13. The van der Waals surface area contributed by atoms with Gasteiger partial charge in [0.1, 0.15) is 12.4 Å². The Balaban J connectivity index is 2.17. The molecule has 0 amide bonds. The van der Waals surface area contributed by atoms with E-state index in [1.807, 2.05) is 42.5 Å². The number of hydrogen-bond donors (Lipinski definition) is 0. The molecule has 0 spiro atoms. The molecular weight excluding hydrogens is 256 g/mol. The predicted octanol–water partition coefficient (Wildman–Crippen LogP) is 3.29. The van der Waals surface area contributed by atoms with Gasteiger partial charge in [0.25, 0.3) is 0 Å². The van der Waals surface area contributed by atoms with E-state index in [1.54, 1.807) is 21.3 Å². The van der Waals surface area contributed by atoms with E-state index >= 15 is 0 Å². The SMILES string of the molecule is COc1cccc(COc2c(OC)cccc2OC)c1. The molecule has 2 aromatic rings. The van der Waals surface area contributed by atoms with Crippen LogP contribution in [0.1, 0.15) is 5.56 Å². The summed E-state index contributed by atoms with van der Waals surface area (Å²) in [5, 5.41) is 0. The van der Waals surface area contributed by atoms with Gasteiger partial charge in [-0.05, 0) is 29.8 Å². The topological polar surface area (TPSA) is 36.9 Å². The van der Waals surface area contributed by atoms with Crippen molar-refractivity contribution in [3.8, 4) is 23.0 Å². The molecule has 2 aromatic carbocycles. The van der Waals surface area contributed by atoms with Crippen LogP contribution in [0, 0.1) is 0 Å². The first-order valence-corrected chi connectivity index (χ1v) is 6.25. The molecule has 0 radical (unpaired) electrons. The van der Waals surface area contributed by atoms with E-state index in [0.717, 1.165) is 11.3 Å². The van der Waals surface area contributed by atoms with Crippen molar-refractivity contribution in [3.05, 3.63) is 48.0 Å². The fraction of sp³-hybridized carbons (Fsp3) is 0.250. The van der Waals surface area contributed by atoms with Gasteiger partial charge in [-0.1, -0.05) is 18.2 Å². The van der Waals surface area contributed by atoms with Gasteiger partial charge in [0.2, 0.25) is 5.75 Å². The third-order valence-electron chi connectivity index (χ3n) is 2.90. The third kappa shape index (κ3) is 3.15. The predicted molar refractivity (Wildman–Crippen MR) is 76.9 cm³/mol. The lowest BCUT2D eigenvalue weighted by molar-refractivity contribution is 0.265. The molecule has 4 heteroatoms. The van der Waals surface area contributed by atoms with Gasteiger partial charge in [-0.2, -0.15) is 0 Å². The van der Waals surface area contributed by atoms with Crippen molar-refractivity contribution >= 4 is 0 Å². The van der Waals surface area contributed by atoms with Crippen LogP contribution in [0.2, 0.25) is 0 Å². The van der Waals surface area contributed by atoms with Crippen molar-refractivity contribution in [1.82, 2.24) is 0 Å². The summed E-state index contributed by atoms with van der Waals surface area (Å²) in [6, 6.07) is 13.3. The van der Waals surface area contributed by atoms with Gasteiger partial charge in [0.15, 0.2) is 11.5 Å². The molecule has 0 fully saturated rings. The highest BCUT2D eigenvalue weighted by Gasteiger charge is 2.11. The highest BCUT2D eigenvalue weighted by Crippen LogP contribution is 2.37. The summed E-state index contributed by atoms with van der Waals surface area (Å²) in [4.78, 5) is 0. The Kier molecular flexibility index (Phi) is 4.71. The van der Waals surface area contributed by atoms with Crippen LogP contribution < -0.4 is 18.9 Å². The van der Waals surface area contributed by atoms with Crippen LogP contribution in [0.3, 0.4) is 0 Å². The molecule has 0 unspecified atom stereocenters. The lowest BCUT2D eigenvalue weighted by Crippen LogP contribution is -2.00. The quantitative estimate of drug-likeness (QED) is 0.810. The Labute approximate surface area is 118 Å². The Morgan fingerprint density at radius 3 is 2.05 bits per heavy atom. The summed E-state index contributed by atoms with van der Waals surface area (Å²) in [5.74, 6) is 2.69. The summed E-state index contributed by atoms with van der Waals surface area (Å²) in [6.07, 6.45) is 0. The van der Waals surface area contributed by atoms with Gasteiger partial charge >= 0.3 is 0 Å². The minimum absolute atomic E-state index is 0.411. The molecule has 0 bridgehead atoms. The molecular formula is C16H18O4. The molecule has 0 aromatic heterocycles. The molecule has 4 nitrogen and oxygen atoms in total. The molecule has 0 heterocycles. The van der Waals surface area contributed by atoms with Crippen LogP contribution in [0.15, 0.2) is 42.5 Å². The molecule has 106 valence electrons. The number of ether oxygens (including phenoxy) is 4. The average Bonchev–Trinajstić information content (AvgIpc) is 2.52. The third-order valence-corrected chi connectivity index (χ3v) is 2.90. The average molecular weight is 274 g/mol. The molecule has 0 atom stereocenters. The van der Waals surface area contributed by atoms with Gasteiger partial charge < -0.3 is 18.9 Å². The van der Waals surface area contributed by atoms with E-state index < -0.39 is 0 Å². The number of rotatable bonds is 6. The second-order valence-electron chi connectivity index (χ2n) is 4.13. The molecule has 0 saturated carbocycles. The van der Waals surface area contributed by atoms with Gasteiger partial charge in [0, 0.05) is 0 Å². The van der Waals surface area contributed by atoms with E-state index in [-0.39, 0.29) is 0 Å². The van der Waals surface area contributed by atoms with E-state index in [4.69, 9.17) is 18.9 Å². The lowest BCUT2D eigenvalue weighted by atomic mass is 10.2. The molecule has 0 aliphatic rings. The van der Waals surface area contributed by atoms with Gasteiger partial charge in [-0.25, -0.2) is 0 Å². The second kappa shape index (κ2) is 6.70. The summed E-state index contributed by atoms with van der Waals surface area (Å²) in [6.45, 7) is 0.411. The number of hydrogen-bond acceptors (Lipinski definition) is 4. The van der Waals surface area contributed by atoms with Crippen molar-refractivity contribution in [2.24, 2.45) is 0 Å². The van der Waals surface area contributed by atoms with Crippen molar-refractivity contribution in [2.75, 3.05) is 21.3 Å². The number of benzene rings is 2. The first-order valence-electron chi connectivity index (χ1n) is 6.25. The summed E-state index contributed by atoms with van der Waals surface area (Å²) >= 11 is 0. The van der Waals surface area contributed by atoms with Crippen LogP contribution in [0.25, 0.3) is 0 Å². The zero-order chi connectivity index (χ0) is 14.4. The van der Waals surface area contributed by atoms with Gasteiger partial charge in [-0.3, -0.25) is 0 Å². The molecule has 0 N–H and O–H groups in total. The van der Waals surface area contributed by atoms with Crippen LogP contribution in [0.5, 0.6) is 23.0 Å². The number of para-hydroxylation sites is 1. The van der Waals surface area contributed by atoms with Crippen molar-refractivity contribution < 1.29 is 18.9 Å². The Morgan fingerprint density at radius 2 is 1.45 bits per heavy atom. The van der Waals surface area contributed by atoms with E-state index in [0.29, 0.717) is 23.9 Å². The largest absolute Gasteiger partial charge is 0.497 e. The fourth-order valence-corrected chi connectivity index (χ4v) is 1.88. The van der Waals surface area contributed by atoms with Crippen molar-refractivity contribution in [1.29, 1.82) is 0 Å². The summed E-state index contributed by atoms with van der Waals surface area (Å²) in [7, 11) is 4.85. The van der Waals surface area contributed by atoms with Gasteiger partial charge in [0.05, 0.1) is 21.3 Å². The maximum Gasteiger partial charge on any atom is 0.203 e. The van der Waals surface area contributed by atoms with E-state index in [9.17, 15) is 0 Å². The molecule has 0 aliphatic heterocycles. The smallest absolute Gasteiger partial charge is 0.203 e. The zero-order valence-corrected chi connectivity index (χ0v) is 11.9. The minimum atomic E-state index is 0.411. The Bertz CT molecular complexity index is 544. The first kappa shape index (κ1) is 14.1. The Morgan fingerprint density at radius 1 is 0.800 bits per heavy atom. The van der Waals surface area contributed by atoms with Gasteiger partial charge in [-0.15, -0.1) is 0 Å². The summed E-state index contributed by atoms with van der Waals surface area (Å²) in [5.41, 5.74) is 1.01. The van der Waals surface area contributed by atoms with Crippen molar-refractivity contribution in [2.45, 2.75) is 6.61 Å². The van der Waals surface area contributed by atoms with E-state index in [2.05, 4.69) is 0 Å². The normalized spacial score (nSPS) is 9.95. The van der Waals surface area contributed by atoms with Crippen molar-refractivity contribution in [3.63, 3.8) is 0 Å². The maximum atomic E-state index is 5.83. The highest BCUT2D eigenvalue weighted by molar-refractivity contribution is 5.51.